The molecule has 134 valence electrons. The molecule has 0 heterocycles. The van der Waals surface area contributed by atoms with Crippen LogP contribution in [0.1, 0.15) is 39.5 Å². The molecule has 1 aromatic carbocycles. The van der Waals surface area contributed by atoms with Gasteiger partial charge in [0.1, 0.15) is 6.79 Å². The third-order valence-corrected chi connectivity index (χ3v) is 7.47. The van der Waals surface area contributed by atoms with Crippen LogP contribution in [0, 0.1) is 5.92 Å². The Labute approximate surface area is 148 Å². The van der Waals surface area contributed by atoms with E-state index in [0.717, 1.165) is 25.7 Å². The molecule has 0 aromatic heterocycles. The second-order valence-corrected chi connectivity index (χ2v) is 11.2. The van der Waals surface area contributed by atoms with Crippen molar-refractivity contribution in [3.8, 4) is 0 Å². The van der Waals surface area contributed by atoms with Crippen molar-refractivity contribution in [2.24, 2.45) is 5.92 Å². The Hall–Kier alpha value is -1.10. The van der Waals surface area contributed by atoms with Crippen molar-refractivity contribution in [2.45, 2.75) is 58.7 Å². The molecule has 1 aliphatic carbocycles. The summed E-state index contributed by atoms with van der Waals surface area (Å²) in [6.45, 7) is 9.45. The molecule has 4 heteroatoms. The first-order valence-corrected chi connectivity index (χ1v) is 11.9. The quantitative estimate of drug-likeness (QED) is 0.556. The smallest absolute Gasteiger partial charge is 0.276 e. The molecule has 0 bridgehead atoms. The Kier molecular flexibility index (Phi) is 7.08. The monoisotopic (exact) mass is 348 g/mol. The van der Waals surface area contributed by atoms with E-state index >= 15 is 0 Å². The normalized spacial score (nSPS) is 22.9. The zero-order valence-electron chi connectivity index (χ0n) is 15.8. The number of hydrogen-bond donors (Lipinski definition) is 0. The molecular formula is C20H32O3Si. The van der Waals surface area contributed by atoms with E-state index in [0.29, 0.717) is 12.7 Å². The lowest BCUT2D eigenvalue weighted by Crippen LogP contribution is -2.44. The summed E-state index contributed by atoms with van der Waals surface area (Å²) in [6, 6.07) is 10.7. The number of methoxy groups -OCH3 is 1. The first-order valence-electron chi connectivity index (χ1n) is 8.97. The highest BCUT2D eigenvalue weighted by molar-refractivity contribution is 6.84. The van der Waals surface area contributed by atoms with Crippen molar-refractivity contribution in [3.63, 3.8) is 0 Å². The van der Waals surface area contributed by atoms with Crippen molar-refractivity contribution < 1.29 is 13.9 Å². The maximum absolute atomic E-state index is 6.63. The minimum absolute atomic E-state index is 0.279. The minimum atomic E-state index is -1.92. The van der Waals surface area contributed by atoms with Crippen LogP contribution in [0.3, 0.4) is 0 Å². The summed E-state index contributed by atoms with van der Waals surface area (Å²) in [5.74, 6) is 1.74. The van der Waals surface area contributed by atoms with E-state index in [-0.39, 0.29) is 6.10 Å². The molecule has 1 aliphatic rings. The summed E-state index contributed by atoms with van der Waals surface area (Å²) in [6.07, 6.45) is 4.45. The van der Waals surface area contributed by atoms with Crippen LogP contribution >= 0.6 is 0 Å². The van der Waals surface area contributed by atoms with Gasteiger partial charge in [-0.15, -0.1) is 0 Å². The van der Waals surface area contributed by atoms with Gasteiger partial charge in [0.05, 0.1) is 11.9 Å². The van der Waals surface area contributed by atoms with Crippen LogP contribution in [0.15, 0.2) is 41.7 Å². The summed E-state index contributed by atoms with van der Waals surface area (Å²) in [4.78, 5) is 0. The molecule has 24 heavy (non-hydrogen) atoms. The Balaban J connectivity index is 2.08. The maximum atomic E-state index is 6.63. The molecule has 0 saturated heterocycles. The van der Waals surface area contributed by atoms with Crippen LogP contribution in [-0.4, -0.2) is 28.3 Å². The second kappa shape index (κ2) is 8.84. The topological polar surface area (TPSA) is 27.7 Å². The Morgan fingerprint density at radius 2 is 1.79 bits per heavy atom. The lowest BCUT2D eigenvalue weighted by Gasteiger charge is -2.32. The lowest BCUT2D eigenvalue weighted by molar-refractivity contribution is -0.0929. The fourth-order valence-corrected chi connectivity index (χ4v) is 5.29. The molecule has 2 rings (SSSR count). The van der Waals surface area contributed by atoms with Crippen molar-refractivity contribution >= 4 is 13.5 Å². The van der Waals surface area contributed by atoms with Gasteiger partial charge in [-0.05, 0) is 56.0 Å². The van der Waals surface area contributed by atoms with Gasteiger partial charge in [0, 0.05) is 13.5 Å². The van der Waals surface area contributed by atoms with Gasteiger partial charge in [0.15, 0.2) is 0 Å². The fourth-order valence-electron chi connectivity index (χ4n) is 3.29. The Morgan fingerprint density at radius 1 is 1.08 bits per heavy atom. The molecule has 2 atom stereocenters. The largest absolute Gasteiger partial charge is 0.543 e. The zero-order valence-corrected chi connectivity index (χ0v) is 16.8. The number of ether oxygens (including phenoxy) is 2. The van der Waals surface area contributed by atoms with E-state index in [1.165, 1.54) is 16.5 Å². The molecule has 0 saturated carbocycles. The Morgan fingerprint density at radius 3 is 2.46 bits per heavy atom. The van der Waals surface area contributed by atoms with Crippen LogP contribution in [0.2, 0.25) is 13.1 Å². The van der Waals surface area contributed by atoms with Gasteiger partial charge in [0.2, 0.25) is 0 Å². The van der Waals surface area contributed by atoms with Crippen molar-refractivity contribution in [2.75, 3.05) is 13.9 Å². The minimum Gasteiger partial charge on any atom is -0.543 e. The van der Waals surface area contributed by atoms with Crippen LogP contribution < -0.4 is 5.19 Å². The van der Waals surface area contributed by atoms with E-state index in [1.807, 2.05) is 0 Å². The standard InChI is InChI=1S/C20H32O3Si/c1-16-12-14-20(17(2)11-13-19(16)22-15-21-3)23-24(4,5)18-9-7-6-8-10-18/h6-10,16,19H,11-15H2,1-5H3/t16-,19-/m0/s1. The Bertz CT molecular complexity index is 539. The maximum Gasteiger partial charge on any atom is 0.276 e. The van der Waals surface area contributed by atoms with Crippen molar-refractivity contribution in [1.82, 2.24) is 0 Å². The van der Waals surface area contributed by atoms with E-state index in [1.54, 1.807) is 7.11 Å². The number of hydrogen-bond acceptors (Lipinski definition) is 3. The fraction of sp³-hybridized carbons (Fsp3) is 0.600. The van der Waals surface area contributed by atoms with Crippen molar-refractivity contribution in [3.05, 3.63) is 41.7 Å². The molecule has 1 aromatic rings. The molecule has 0 fully saturated rings. The average molecular weight is 349 g/mol. The van der Waals surface area contributed by atoms with Crippen LogP contribution in [0.4, 0.5) is 0 Å². The van der Waals surface area contributed by atoms with Crippen molar-refractivity contribution in [1.29, 1.82) is 0 Å². The lowest BCUT2D eigenvalue weighted by atomic mass is 9.90. The van der Waals surface area contributed by atoms with Gasteiger partial charge >= 0.3 is 0 Å². The highest BCUT2D eigenvalue weighted by Crippen LogP contribution is 2.30. The molecule has 0 unspecified atom stereocenters. The molecule has 0 amide bonds. The predicted molar refractivity (Wildman–Crippen MR) is 102 cm³/mol. The van der Waals surface area contributed by atoms with E-state index in [4.69, 9.17) is 13.9 Å². The van der Waals surface area contributed by atoms with Crippen LogP contribution in [0.5, 0.6) is 0 Å². The summed E-state index contributed by atoms with van der Waals surface area (Å²) in [7, 11) is -0.235. The summed E-state index contributed by atoms with van der Waals surface area (Å²) < 4.78 is 17.6. The SMILES string of the molecule is COCO[C@H]1CCC(C)=C(O[Si](C)(C)c2ccccc2)CC[C@@H]1C. The van der Waals surface area contributed by atoms with Gasteiger partial charge in [-0.25, -0.2) is 0 Å². The van der Waals surface area contributed by atoms with E-state index < -0.39 is 8.32 Å². The molecule has 0 N–H and O–H groups in total. The first-order chi connectivity index (χ1) is 11.4. The third kappa shape index (κ3) is 5.20. The van der Waals surface area contributed by atoms with Gasteiger partial charge in [0.25, 0.3) is 8.32 Å². The predicted octanol–water partition coefficient (Wildman–Crippen LogP) is 4.59. The zero-order chi connectivity index (χ0) is 17.6. The summed E-state index contributed by atoms with van der Waals surface area (Å²) >= 11 is 0. The van der Waals surface area contributed by atoms with E-state index in [2.05, 4.69) is 57.3 Å². The molecular weight excluding hydrogens is 316 g/mol. The average Bonchev–Trinajstić information content (AvgIpc) is 2.58. The van der Waals surface area contributed by atoms with Gasteiger partial charge < -0.3 is 13.9 Å². The third-order valence-electron chi connectivity index (χ3n) is 4.99. The molecule has 3 nitrogen and oxygen atoms in total. The van der Waals surface area contributed by atoms with E-state index in [9.17, 15) is 0 Å². The first kappa shape index (κ1) is 19.2. The second-order valence-electron chi connectivity index (χ2n) is 7.35. The van der Waals surface area contributed by atoms with Gasteiger partial charge in [-0.1, -0.05) is 37.3 Å². The number of benzene rings is 1. The summed E-state index contributed by atoms with van der Waals surface area (Å²) in [5.41, 5.74) is 1.38. The molecule has 0 aliphatic heterocycles. The highest BCUT2D eigenvalue weighted by atomic mass is 28.4. The van der Waals surface area contributed by atoms with Gasteiger partial charge in [-0.2, -0.15) is 0 Å². The summed E-state index contributed by atoms with van der Waals surface area (Å²) in [5, 5.41) is 1.35. The molecule has 0 radical (unpaired) electrons. The highest BCUT2D eigenvalue weighted by Gasteiger charge is 2.30. The van der Waals surface area contributed by atoms with Crippen LogP contribution in [-0.2, 0) is 13.9 Å². The molecule has 0 spiro atoms. The number of allylic oxidation sites excluding steroid dienone is 2. The van der Waals surface area contributed by atoms with Gasteiger partial charge in [-0.3, -0.25) is 0 Å². The van der Waals surface area contributed by atoms with Crippen LogP contribution in [0.25, 0.3) is 0 Å². The number of rotatable bonds is 6.